The molecule has 21 heavy (non-hydrogen) atoms. The van der Waals surface area contributed by atoms with Crippen LogP contribution in [0, 0.1) is 11.8 Å². The molecule has 1 heterocycles. The highest BCUT2D eigenvalue weighted by atomic mass is 35.5. The van der Waals surface area contributed by atoms with Gasteiger partial charge >= 0.3 is 0 Å². The molecule has 0 fully saturated rings. The van der Waals surface area contributed by atoms with E-state index in [0.717, 1.165) is 0 Å². The van der Waals surface area contributed by atoms with Crippen molar-refractivity contribution in [1.29, 1.82) is 0 Å². The first-order valence-electron chi connectivity index (χ1n) is 5.92. The molecular formula is C14H10Cl2N2O2S. The summed E-state index contributed by atoms with van der Waals surface area (Å²) in [5.41, 5.74) is 0.285. The Hall–Kier alpha value is -1.58. The quantitative estimate of drug-likeness (QED) is 0.841. The highest BCUT2D eigenvalue weighted by molar-refractivity contribution is 7.16. The number of nitrogens with zero attached hydrogens (tertiary/aromatic N) is 1. The molecule has 2 N–H and O–H groups in total. The van der Waals surface area contributed by atoms with Crippen LogP contribution in [-0.4, -0.2) is 22.6 Å². The fourth-order valence-corrected chi connectivity index (χ4v) is 2.51. The maximum Gasteiger partial charge on any atom is 0.259 e. The lowest BCUT2D eigenvalue weighted by molar-refractivity contribution is 0.102. The second-order valence-electron chi connectivity index (χ2n) is 3.86. The zero-order valence-electron chi connectivity index (χ0n) is 10.7. The number of aromatic nitrogens is 1. The highest BCUT2D eigenvalue weighted by Crippen LogP contribution is 2.26. The van der Waals surface area contributed by atoms with Crippen molar-refractivity contribution in [2.75, 3.05) is 11.9 Å². The van der Waals surface area contributed by atoms with Gasteiger partial charge in [0.1, 0.15) is 0 Å². The van der Waals surface area contributed by atoms with Crippen LogP contribution in [0.1, 0.15) is 21.7 Å². The van der Waals surface area contributed by atoms with Crippen molar-refractivity contribution in [3.05, 3.63) is 44.9 Å². The van der Waals surface area contributed by atoms with Crippen molar-refractivity contribution in [3.8, 4) is 11.8 Å². The van der Waals surface area contributed by atoms with E-state index < -0.39 is 0 Å². The zero-order valence-corrected chi connectivity index (χ0v) is 13.0. The fraction of sp³-hybridized carbons (Fsp3) is 0.143. The number of hydrogen-bond donors (Lipinski definition) is 2. The number of halogens is 2. The van der Waals surface area contributed by atoms with Crippen LogP contribution in [0.25, 0.3) is 0 Å². The molecule has 0 radical (unpaired) electrons. The van der Waals surface area contributed by atoms with Gasteiger partial charge in [-0.3, -0.25) is 10.1 Å². The molecule has 0 atom stereocenters. The molecule has 0 aliphatic rings. The molecule has 0 spiro atoms. The minimum Gasteiger partial charge on any atom is -0.395 e. The van der Waals surface area contributed by atoms with Gasteiger partial charge in [0.15, 0.2) is 5.13 Å². The van der Waals surface area contributed by atoms with Gasteiger partial charge in [0.05, 0.1) is 33.3 Å². The maximum atomic E-state index is 12.1. The molecule has 1 amide bonds. The van der Waals surface area contributed by atoms with Crippen molar-refractivity contribution < 1.29 is 9.90 Å². The van der Waals surface area contributed by atoms with Gasteiger partial charge in [0.25, 0.3) is 5.91 Å². The molecule has 1 aromatic carbocycles. The minimum atomic E-state index is -0.383. The number of carbonyl (C=O) groups is 1. The molecule has 0 saturated heterocycles. The van der Waals surface area contributed by atoms with E-state index in [1.54, 1.807) is 24.4 Å². The van der Waals surface area contributed by atoms with E-state index in [1.807, 2.05) is 0 Å². The number of aliphatic hydroxyl groups is 1. The van der Waals surface area contributed by atoms with Gasteiger partial charge in [0.2, 0.25) is 0 Å². The lowest BCUT2D eigenvalue weighted by Gasteiger charge is -2.04. The monoisotopic (exact) mass is 340 g/mol. The van der Waals surface area contributed by atoms with E-state index in [-0.39, 0.29) is 23.1 Å². The largest absolute Gasteiger partial charge is 0.395 e. The number of carbonyl (C=O) groups excluding carboxylic acids is 1. The summed E-state index contributed by atoms with van der Waals surface area (Å²) in [6.45, 7) is 0.0165. The van der Waals surface area contributed by atoms with Crippen molar-refractivity contribution in [1.82, 2.24) is 4.98 Å². The van der Waals surface area contributed by atoms with E-state index in [9.17, 15) is 4.79 Å². The van der Waals surface area contributed by atoms with E-state index >= 15 is 0 Å². The van der Waals surface area contributed by atoms with Crippen LogP contribution in [0.2, 0.25) is 10.0 Å². The normalized spacial score (nSPS) is 9.86. The van der Waals surface area contributed by atoms with E-state index in [0.29, 0.717) is 21.5 Å². The van der Waals surface area contributed by atoms with Crippen molar-refractivity contribution in [2.45, 2.75) is 6.42 Å². The van der Waals surface area contributed by atoms with Crippen LogP contribution in [0.5, 0.6) is 0 Å². The van der Waals surface area contributed by atoms with Gasteiger partial charge in [-0.25, -0.2) is 4.98 Å². The number of amides is 1. The second-order valence-corrected chi connectivity index (χ2v) is 5.68. The summed E-state index contributed by atoms with van der Waals surface area (Å²) in [4.78, 5) is 16.9. The van der Waals surface area contributed by atoms with Gasteiger partial charge in [0, 0.05) is 6.42 Å². The molecule has 2 aromatic rings. The number of anilines is 1. The number of nitrogens with one attached hydrogen (secondary N) is 1. The molecule has 4 nitrogen and oxygen atoms in total. The Balaban J connectivity index is 2.10. The summed E-state index contributed by atoms with van der Waals surface area (Å²) in [6, 6.07) is 4.84. The summed E-state index contributed by atoms with van der Waals surface area (Å²) in [5, 5.41) is 12.2. The molecule has 108 valence electrons. The van der Waals surface area contributed by atoms with Crippen molar-refractivity contribution in [3.63, 3.8) is 0 Å². The molecule has 0 bridgehead atoms. The lowest BCUT2D eigenvalue weighted by Crippen LogP contribution is -2.12. The minimum absolute atomic E-state index is 0.0165. The first kappa shape index (κ1) is 15.8. The zero-order chi connectivity index (χ0) is 15.2. The SMILES string of the molecule is O=C(Nc1ncc(C#CCCO)s1)c1cccc(Cl)c1Cl. The van der Waals surface area contributed by atoms with Gasteiger partial charge < -0.3 is 5.11 Å². The lowest BCUT2D eigenvalue weighted by atomic mass is 10.2. The molecule has 2 rings (SSSR count). The Morgan fingerprint density at radius 1 is 1.43 bits per heavy atom. The number of benzene rings is 1. The van der Waals surface area contributed by atoms with Gasteiger partial charge in [-0.1, -0.05) is 52.4 Å². The van der Waals surface area contributed by atoms with Crippen molar-refractivity contribution in [2.24, 2.45) is 0 Å². The Bertz CT molecular complexity index is 719. The standard InChI is InChI=1S/C14H10Cl2N2O2S/c15-11-6-3-5-10(12(11)16)13(20)18-14-17-8-9(21-14)4-1-2-7-19/h3,5-6,8,19H,2,7H2,(H,17,18,20). The third-order valence-electron chi connectivity index (χ3n) is 2.37. The van der Waals surface area contributed by atoms with E-state index in [1.165, 1.54) is 11.3 Å². The van der Waals surface area contributed by atoms with Crippen LogP contribution >= 0.6 is 34.5 Å². The molecule has 1 aromatic heterocycles. The average molecular weight is 341 g/mol. The molecule has 0 unspecified atom stereocenters. The predicted molar refractivity (Wildman–Crippen MR) is 85.1 cm³/mol. The van der Waals surface area contributed by atoms with Crippen molar-refractivity contribution >= 4 is 45.6 Å². The van der Waals surface area contributed by atoms with Crippen LogP contribution in [-0.2, 0) is 0 Å². The summed E-state index contributed by atoms with van der Waals surface area (Å²) < 4.78 is 0. The molecule has 7 heteroatoms. The first-order chi connectivity index (χ1) is 10.1. The second kappa shape index (κ2) is 7.43. The van der Waals surface area contributed by atoms with Gasteiger partial charge in [-0.05, 0) is 12.1 Å². The smallest absolute Gasteiger partial charge is 0.259 e. The summed E-state index contributed by atoms with van der Waals surface area (Å²) in [5.74, 6) is 5.25. The Morgan fingerprint density at radius 3 is 3.00 bits per heavy atom. The van der Waals surface area contributed by atoms with Crippen LogP contribution in [0.3, 0.4) is 0 Å². The van der Waals surface area contributed by atoms with E-state index in [2.05, 4.69) is 22.1 Å². The van der Waals surface area contributed by atoms with Crippen LogP contribution in [0.4, 0.5) is 5.13 Å². The number of aliphatic hydroxyl groups excluding tert-OH is 1. The number of thiazole rings is 1. The maximum absolute atomic E-state index is 12.1. The molecule has 0 saturated carbocycles. The Labute approximate surface area is 135 Å². The molecule has 0 aliphatic heterocycles. The topological polar surface area (TPSA) is 62.2 Å². The predicted octanol–water partition coefficient (Wildman–Crippen LogP) is 3.44. The fourth-order valence-electron chi connectivity index (χ4n) is 1.44. The number of rotatable bonds is 3. The van der Waals surface area contributed by atoms with Crippen LogP contribution in [0.15, 0.2) is 24.4 Å². The Kier molecular flexibility index (Phi) is 5.59. The third-order valence-corrected chi connectivity index (χ3v) is 4.02. The first-order valence-corrected chi connectivity index (χ1v) is 7.50. The van der Waals surface area contributed by atoms with E-state index in [4.69, 9.17) is 28.3 Å². The van der Waals surface area contributed by atoms with Gasteiger partial charge in [-0.2, -0.15) is 0 Å². The van der Waals surface area contributed by atoms with Crippen LogP contribution < -0.4 is 5.32 Å². The summed E-state index contributed by atoms with van der Waals surface area (Å²) in [6.07, 6.45) is 1.96. The summed E-state index contributed by atoms with van der Waals surface area (Å²) >= 11 is 13.1. The Morgan fingerprint density at radius 2 is 2.24 bits per heavy atom. The summed E-state index contributed by atoms with van der Waals surface area (Å²) in [7, 11) is 0. The van der Waals surface area contributed by atoms with Gasteiger partial charge in [-0.15, -0.1) is 0 Å². The average Bonchev–Trinajstić information content (AvgIpc) is 2.89. The number of hydrogen-bond acceptors (Lipinski definition) is 4. The third kappa shape index (κ3) is 4.19. The highest BCUT2D eigenvalue weighted by Gasteiger charge is 2.14. The molecule has 0 aliphatic carbocycles. The molecular weight excluding hydrogens is 331 g/mol.